The van der Waals surface area contributed by atoms with Gasteiger partial charge in [0.1, 0.15) is 0 Å². The zero-order chi connectivity index (χ0) is 13.2. The Morgan fingerprint density at radius 1 is 1.11 bits per heavy atom. The molecule has 0 aliphatic rings. The first-order chi connectivity index (χ1) is 9.29. The lowest BCUT2D eigenvalue weighted by atomic mass is 10.1. The van der Waals surface area contributed by atoms with Gasteiger partial charge in [0.25, 0.3) is 0 Å². The number of pyridine rings is 1. The van der Waals surface area contributed by atoms with Crippen LogP contribution < -0.4 is 5.32 Å². The highest BCUT2D eigenvalue weighted by atomic mass is 32.1. The Bertz CT molecular complexity index is 703. The smallest absolute Gasteiger partial charge is 0.0845 e. The summed E-state index contributed by atoms with van der Waals surface area (Å²) in [7, 11) is 1.99. The standard InChI is InChI=1S/C16H16N2S/c1-11-9-10-19-16(11)15(17-2)14-8-7-12-5-3-4-6-13(12)18-14/h3-10,15,17H,1-2H3. The van der Waals surface area contributed by atoms with E-state index in [4.69, 9.17) is 4.98 Å². The highest BCUT2D eigenvalue weighted by molar-refractivity contribution is 7.10. The zero-order valence-corrected chi connectivity index (χ0v) is 11.9. The van der Waals surface area contributed by atoms with Crippen LogP contribution in [0.15, 0.2) is 47.8 Å². The van der Waals surface area contributed by atoms with Crippen molar-refractivity contribution in [1.29, 1.82) is 0 Å². The second-order valence-electron chi connectivity index (χ2n) is 4.62. The first-order valence-corrected chi connectivity index (χ1v) is 7.24. The van der Waals surface area contributed by atoms with E-state index >= 15 is 0 Å². The van der Waals surface area contributed by atoms with E-state index in [0.717, 1.165) is 11.2 Å². The number of hydrogen-bond acceptors (Lipinski definition) is 3. The summed E-state index contributed by atoms with van der Waals surface area (Å²) in [5.74, 6) is 0. The third-order valence-electron chi connectivity index (χ3n) is 3.37. The molecule has 3 aromatic rings. The number of rotatable bonds is 3. The van der Waals surface area contributed by atoms with Crippen LogP contribution in [0.5, 0.6) is 0 Å². The molecule has 0 radical (unpaired) electrons. The zero-order valence-electron chi connectivity index (χ0n) is 11.1. The molecule has 1 unspecified atom stereocenters. The first kappa shape index (κ1) is 12.3. The maximum atomic E-state index is 4.79. The Balaban J connectivity index is 2.09. The molecule has 2 nitrogen and oxygen atoms in total. The molecule has 0 spiro atoms. The predicted octanol–water partition coefficient (Wildman–Crippen LogP) is 3.91. The van der Waals surface area contributed by atoms with Crippen molar-refractivity contribution in [3.8, 4) is 0 Å². The first-order valence-electron chi connectivity index (χ1n) is 6.36. The van der Waals surface area contributed by atoms with Crippen LogP contribution in [0.1, 0.15) is 22.2 Å². The number of aryl methyl sites for hydroxylation is 1. The summed E-state index contributed by atoms with van der Waals surface area (Å²) in [6, 6.07) is 14.8. The third-order valence-corrected chi connectivity index (χ3v) is 4.45. The fourth-order valence-electron chi connectivity index (χ4n) is 2.34. The number of thiophene rings is 1. The van der Waals surface area contributed by atoms with E-state index in [0.29, 0.717) is 0 Å². The van der Waals surface area contributed by atoms with Gasteiger partial charge in [0.15, 0.2) is 0 Å². The van der Waals surface area contributed by atoms with Crippen molar-refractivity contribution < 1.29 is 0 Å². The van der Waals surface area contributed by atoms with Crippen molar-refractivity contribution in [3.63, 3.8) is 0 Å². The lowest BCUT2D eigenvalue weighted by molar-refractivity contribution is 0.682. The van der Waals surface area contributed by atoms with E-state index in [1.165, 1.54) is 15.8 Å². The van der Waals surface area contributed by atoms with Crippen LogP contribution in [0.25, 0.3) is 10.9 Å². The SMILES string of the molecule is CNC(c1ccc2ccccc2n1)c1sccc1C. The molecule has 2 aromatic heterocycles. The number of hydrogen-bond donors (Lipinski definition) is 1. The van der Waals surface area contributed by atoms with Crippen molar-refractivity contribution in [3.05, 3.63) is 64.0 Å². The van der Waals surface area contributed by atoms with Crippen LogP contribution in [-0.4, -0.2) is 12.0 Å². The minimum absolute atomic E-state index is 0.171. The number of nitrogens with zero attached hydrogens (tertiary/aromatic N) is 1. The summed E-state index contributed by atoms with van der Waals surface area (Å²) in [5, 5.41) is 6.69. The molecule has 0 saturated heterocycles. The van der Waals surface area contributed by atoms with Gasteiger partial charge in [-0.05, 0) is 43.1 Å². The Hall–Kier alpha value is -1.71. The summed E-state index contributed by atoms with van der Waals surface area (Å²) >= 11 is 1.78. The number of nitrogens with one attached hydrogen (secondary N) is 1. The summed E-state index contributed by atoms with van der Waals surface area (Å²) < 4.78 is 0. The lowest BCUT2D eigenvalue weighted by Gasteiger charge is -2.16. The highest BCUT2D eigenvalue weighted by Crippen LogP contribution is 2.29. The quantitative estimate of drug-likeness (QED) is 0.779. The van der Waals surface area contributed by atoms with E-state index < -0.39 is 0 Å². The monoisotopic (exact) mass is 268 g/mol. The molecular formula is C16H16N2S. The van der Waals surface area contributed by atoms with Crippen LogP contribution in [0.2, 0.25) is 0 Å². The molecule has 0 aliphatic heterocycles. The van der Waals surface area contributed by atoms with Gasteiger partial charge in [-0.1, -0.05) is 24.3 Å². The van der Waals surface area contributed by atoms with E-state index in [9.17, 15) is 0 Å². The second kappa shape index (κ2) is 5.11. The van der Waals surface area contributed by atoms with Gasteiger partial charge in [0.05, 0.1) is 17.3 Å². The molecular weight excluding hydrogens is 252 g/mol. The number of fused-ring (bicyclic) bond motifs is 1. The third kappa shape index (κ3) is 2.27. The lowest BCUT2D eigenvalue weighted by Crippen LogP contribution is -2.18. The second-order valence-corrected chi connectivity index (χ2v) is 5.57. The van der Waals surface area contributed by atoms with Crippen molar-refractivity contribution >= 4 is 22.2 Å². The topological polar surface area (TPSA) is 24.9 Å². The minimum Gasteiger partial charge on any atom is -0.307 e. The van der Waals surface area contributed by atoms with Gasteiger partial charge >= 0.3 is 0 Å². The molecule has 0 aliphatic carbocycles. The maximum Gasteiger partial charge on any atom is 0.0845 e. The fourth-order valence-corrected chi connectivity index (χ4v) is 3.38. The van der Waals surface area contributed by atoms with Crippen molar-refractivity contribution in [2.24, 2.45) is 0 Å². The van der Waals surface area contributed by atoms with E-state index in [1.54, 1.807) is 11.3 Å². The number of aromatic nitrogens is 1. The van der Waals surface area contributed by atoms with Crippen LogP contribution in [-0.2, 0) is 0 Å². The molecule has 0 fully saturated rings. The van der Waals surface area contributed by atoms with E-state index in [-0.39, 0.29) is 6.04 Å². The molecule has 3 heteroatoms. The van der Waals surface area contributed by atoms with E-state index in [1.807, 2.05) is 19.2 Å². The van der Waals surface area contributed by atoms with Crippen LogP contribution in [0, 0.1) is 6.92 Å². The minimum atomic E-state index is 0.171. The molecule has 0 bridgehead atoms. The predicted molar refractivity (Wildman–Crippen MR) is 81.7 cm³/mol. The Morgan fingerprint density at radius 2 is 1.95 bits per heavy atom. The van der Waals surface area contributed by atoms with Gasteiger partial charge in [-0.2, -0.15) is 0 Å². The number of benzene rings is 1. The molecule has 96 valence electrons. The molecule has 0 saturated carbocycles. The fraction of sp³-hybridized carbons (Fsp3) is 0.188. The van der Waals surface area contributed by atoms with Gasteiger partial charge in [-0.25, -0.2) is 0 Å². The van der Waals surface area contributed by atoms with Gasteiger partial charge in [-0.15, -0.1) is 11.3 Å². The van der Waals surface area contributed by atoms with Gasteiger partial charge < -0.3 is 5.32 Å². The Labute approximate surface area is 117 Å². The Kier molecular flexibility index (Phi) is 3.32. The van der Waals surface area contributed by atoms with Crippen molar-refractivity contribution in [2.45, 2.75) is 13.0 Å². The molecule has 19 heavy (non-hydrogen) atoms. The summed E-state index contributed by atoms with van der Waals surface area (Å²) in [6.07, 6.45) is 0. The van der Waals surface area contributed by atoms with Gasteiger partial charge in [-0.3, -0.25) is 4.98 Å². The van der Waals surface area contributed by atoms with Crippen LogP contribution in [0.4, 0.5) is 0 Å². The summed E-state index contributed by atoms with van der Waals surface area (Å²) in [6.45, 7) is 2.15. The largest absolute Gasteiger partial charge is 0.307 e. The molecule has 1 N–H and O–H groups in total. The maximum absolute atomic E-state index is 4.79. The Morgan fingerprint density at radius 3 is 2.68 bits per heavy atom. The van der Waals surface area contributed by atoms with Gasteiger partial charge in [0.2, 0.25) is 0 Å². The summed E-state index contributed by atoms with van der Waals surface area (Å²) in [5.41, 5.74) is 3.44. The molecule has 2 heterocycles. The van der Waals surface area contributed by atoms with Crippen LogP contribution in [0.3, 0.4) is 0 Å². The van der Waals surface area contributed by atoms with Gasteiger partial charge in [0, 0.05) is 10.3 Å². The van der Waals surface area contributed by atoms with Crippen molar-refractivity contribution in [1.82, 2.24) is 10.3 Å². The average molecular weight is 268 g/mol. The normalized spacial score (nSPS) is 12.7. The van der Waals surface area contributed by atoms with E-state index in [2.05, 4.69) is 48.0 Å². The molecule has 1 atom stereocenters. The van der Waals surface area contributed by atoms with Crippen molar-refractivity contribution in [2.75, 3.05) is 7.05 Å². The molecule has 3 rings (SSSR count). The van der Waals surface area contributed by atoms with Crippen LogP contribution >= 0.6 is 11.3 Å². The number of para-hydroxylation sites is 1. The summed E-state index contributed by atoms with van der Waals surface area (Å²) in [4.78, 5) is 6.13. The molecule has 0 amide bonds. The highest BCUT2D eigenvalue weighted by Gasteiger charge is 2.17. The average Bonchev–Trinajstić information content (AvgIpc) is 2.86. The molecule has 1 aromatic carbocycles.